The Balaban J connectivity index is 1.91. The van der Waals surface area contributed by atoms with Gasteiger partial charge in [0, 0.05) is 18.3 Å². The Kier molecular flexibility index (Phi) is 5.72. The molecular formula is C14H16F3N5O2. The van der Waals surface area contributed by atoms with Gasteiger partial charge in [-0.15, -0.1) is 0 Å². The number of carbonyl (C=O) groups is 1. The molecule has 0 radical (unpaired) electrons. The van der Waals surface area contributed by atoms with Gasteiger partial charge in [-0.25, -0.2) is 4.79 Å². The van der Waals surface area contributed by atoms with E-state index in [2.05, 4.69) is 30.3 Å². The van der Waals surface area contributed by atoms with E-state index >= 15 is 0 Å². The van der Waals surface area contributed by atoms with Gasteiger partial charge in [0.05, 0.1) is 12.2 Å². The monoisotopic (exact) mass is 343 g/mol. The largest absolute Gasteiger partial charge is 0.471 e. The summed E-state index contributed by atoms with van der Waals surface area (Å²) in [4.78, 5) is 18.8. The molecule has 0 aliphatic carbocycles. The number of amides is 2. The molecule has 2 aromatic heterocycles. The van der Waals surface area contributed by atoms with Crippen LogP contribution in [0.4, 0.5) is 18.0 Å². The molecule has 0 fully saturated rings. The topological polar surface area (TPSA) is 92.9 Å². The summed E-state index contributed by atoms with van der Waals surface area (Å²) < 4.78 is 41.4. The first-order chi connectivity index (χ1) is 11.4. The van der Waals surface area contributed by atoms with E-state index in [9.17, 15) is 18.0 Å². The van der Waals surface area contributed by atoms with Crippen molar-refractivity contribution in [1.29, 1.82) is 0 Å². The van der Waals surface area contributed by atoms with Crippen LogP contribution in [0.2, 0.25) is 0 Å². The lowest BCUT2D eigenvalue weighted by Crippen LogP contribution is -2.35. The number of urea groups is 1. The van der Waals surface area contributed by atoms with Crippen molar-refractivity contribution in [3.05, 3.63) is 29.9 Å². The summed E-state index contributed by atoms with van der Waals surface area (Å²) in [5, 5.41) is 8.59. The Morgan fingerprint density at radius 3 is 2.67 bits per heavy atom. The normalized spacial score (nSPS) is 11.3. The Labute approximate surface area is 135 Å². The van der Waals surface area contributed by atoms with Gasteiger partial charge in [-0.2, -0.15) is 18.2 Å². The van der Waals surface area contributed by atoms with Gasteiger partial charge < -0.3 is 15.2 Å². The van der Waals surface area contributed by atoms with Crippen molar-refractivity contribution in [2.75, 3.05) is 6.54 Å². The minimum absolute atomic E-state index is 0.193. The quantitative estimate of drug-likeness (QED) is 0.787. The van der Waals surface area contributed by atoms with Gasteiger partial charge in [0.15, 0.2) is 0 Å². The number of hydrogen-bond acceptors (Lipinski definition) is 5. The maximum Gasteiger partial charge on any atom is 0.471 e. The van der Waals surface area contributed by atoms with Crippen LogP contribution in [0.5, 0.6) is 0 Å². The van der Waals surface area contributed by atoms with Gasteiger partial charge in [0.2, 0.25) is 5.82 Å². The zero-order chi connectivity index (χ0) is 17.6. The highest BCUT2D eigenvalue weighted by molar-refractivity contribution is 5.73. The van der Waals surface area contributed by atoms with Crippen molar-refractivity contribution >= 4 is 6.03 Å². The van der Waals surface area contributed by atoms with E-state index in [1.807, 2.05) is 6.92 Å². The van der Waals surface area contributed by atoms with Crippen LogP contribution in [0, 0.1) is 0 Å². The lowest BCUT2D eigenvalue weighted by atomic mass is 10.2. The number of unbranched alkanes of at least 4 members (excludes halogenated alkanes) is 1. The van der Waals surface area contributed by atoms with Crippen molar-refractivity contribution in [3.63, 3.8) is 0 Å². The summed E-state index contributed by atoms with van der Waals surface area (Å²) in [6.45, 7) is 2.80. The lowest BCUT2D eigenvalue weighted by Gasteiger charge is -2.06. The number of carbonyl (C=O) groups excluding carboxylic acids is 1. The number of aromatic nitrogens is 3. The third-order valence-electron chi connectivity index (χ3n) is 3.00. The minimum Gasteiger partial charge on any atom is -0.338 e. The highest BCUT2D eigenvalue weighted by Crippen LogP contribution is 2.29. The maximum atomic E-state index is 12.4. The molecule has 2 rings (SSSR count). The summed E-state index contributed by atoms with van der Waals surface area (Å²) in [7, 11) is 0. The van der Waals surface area contributed by atoms with Crippen LogP contribution in [0.3, 0.4) is 0 Å². The van der Waals surface area contributed by atoms with Crippen molar-refractivity contribution in [3.8, 4) is 11.4 Å². The first-order valence-corrected chi connectivity index (χ1v) is 7.28. The number of alkyl halides is 3. The number of pyridine rings is 1. The summed E-state index contributed by atoms with van der Waals surface area (Å²) >= 11 is 0. The summed E-state index contributed by atoms with van der Waals surface area (Å²) in [6.07, 6.45) is -1.49. The summed E-state index contributed by atoms with van der Waals surface area (Å²) in [5.41, 5.74) is 0.828. The zero-order valence-corrected chi connectivity index (χ0v) is 12.9. The van der Waals surface area contributed by atoms with E-state index < -0.39 is 12.1 Å². The average Bonchev–Trinajstić information content (AvgIpc) is 3.04. The predicted molar refractivity (Wildman–Crippen MR) is 77.7 cm³/mol. The Morgan fingerprint density at radius 2 is 2.08 bits per heavy atom. The Hall–Kier alpha value is -2.65. The van der Waals surface area contributed by atoms with Gasteiger partial charge in [-0.1, -0.05) is 18.5 Å². The van der Waals surface area contributed by atoms with Crippen LogP contribution in [-0.2, 0) is 12.7 Å². The third-order valence-corrected chi connectivity index (χ3v) is 3.00. The van der Waals surface area contributed by atoms with E-state index in [0.29, 0.717) is 12.2 Å². The second-order valence-electron chi connectivity index (χ2n) is 4.92. The zero-order valence-electron chi connectivity index (χ0n) is 12.9. The van der Waals surface area contributed by atoms with Gasteiger partial charge in [0.1, 0.15) is 0 Å². The van der Waals surface area contributed by atoms with Gasteiger partial charge in [-0.3, -0.25) is 4.98 Å². The molecule has 130 valence electrons. The molecule has 0 saturated heterocycles. The molecule has 0 bridgehead atoms. The molecule has 0 aliphatic heterocycles. The first kappa shape index (κ1) is 17.7. The molecule has 0 saturated carbocycles. The number of rotatable bonds is 6. The molecule has 0 aromatic carbocycles. The van der Waals surface area contributed by atoms with Crippen LogP contribution in [0.25, 0.3) is 11.4 Å². The molecular weight excluding hydrogens is 327 g/mol. The average molecular weight is 343 g/mol. The fourth-order valence-corrected chi connectivity index (χ4v) is 1.73. The number of nitrogens with one attached hydrogen (secondary N) is 2. The fraction of sp³-hybridized carbons (Fsp3) is 0.429. The molecule has 0 aliphatic rings. The Morgan fingerprint density at radius 1 is 1.29 bits per heavy atom. The van der Waals surface area contributed by atoms with Crippen LogP contribution >= 0.6 is 0 Å². The standard InChI is InChI=1S/C14H16F3N5O2/c1-2-3-6-18-13(23)20-8-10-5-4-9(7-19-10)11-21-12(24-22-11)14(15,16)17/h4-5,7H,2-3,6,8H2,1H3,(H2,18,20,23). The van der Waals surface area contributed by atoms with Gasteiger partial charge in [0.25, 0.3) is 0 Å². The van der Waals surface area contributed by atoms with E-state index in [-0.39, 0.29) is 24.0 Å². The minimum atomic E-state index is -4.69. The smallest absolute Gasteiger partial charge is 0.338 e. The molecule has 2 N–H and O–H groups in total. The van der Waals surface area contributed by atoms with E-state index in [1.165, 1.54) is 12.3 Å². The predicted octanol–water partition coefficient (Wildman–Crippen LogP) is 2.75. The van der Waals surface area contributed by atoms with Gasteiger partial charge in [-0.05, 0) is 18.6 Å². The maximum absolute atomic E-state index is 12.4. The molecule has 0 unspecified atom stereocenters. The van der Waals surface area contributed by atoms with Gasteiger partial charge >= 0.3 is 18.1 Å². The van der Waals surface area contributed by atoms with Crippen LogP contribution in [0.15, 0.2) is 22.9 Å². The SMILES string of the molecule is CCCCNC(=O)NCc1ccc(-c2noc(C(F)(F)F)n2)cn1. The van der Waals surface area contributed by atoms with E-state index in [0.717, 1.165) is 12.8 Å². The first-order valence-electron chi connectivity index (χ1n) is 7.28. The highest BCUT2D eigenvalue weighted by Gasteiger charge is 2.38. The Bertz CT molecular complexity index is 670. The van der Waals surface area contributed by atoms with Crippen LogP contribution in [0.1, 0.15) is 31.4 Å². The molecule has 2 heterocycles. The van der Waals surface area contributed by atoms with Crippen molar-refractivity contribution in [1.82, 2.24) is 25.8 Å². The molecule has 24 heavy (non-hydrogen) atoms. The second kappa shape index (κ2) is 7.75. The number of hydrogen-bond donors (Lipinski definition) is 2. The third kappa shape index (κ3) is 4.93. The molecule has 10 heteroatoms. The number of nitrogens with zero attached hydrogens (tertiary/aromatic N) is 3. The van der Waals surface area contributed by atoms with Crippen molar-refractivity contribution in [2.45, 2.75) is 32.5 Å². The van der Waals surface area contributed by atoms with E-state index in [4.69, 9.17) is 0 Å². The van der Waals surface area contributed by atoms with Crippen molar-refractivity contribution < 1.29 is 22.5 Å². The van der Waals surface area contributed by atoms with E-state index in [1.54, 1.807) is 6.07 Å². The van der Waals surface area contributed by atoms with Crippen LogP contribution < -0.4 is 10.6 Å². The lowest BCUT2D eigenvalue weighted by molar-refractivity contribution is -0.159. The van der Waals surface area contributed by atoms with Crippen LogP contribution in [-0.4, -0.2) is 27.7 Å². The molecule has 7 nitrogen and oxygen atoms in total. The highest BCUT2D eigenvalue weighted by atomic mass is 19.4. The molecule has 0 spiro atoms. The summed E-state index contributed by atoms with van der Waals surface area (Å²) in [5.74, 6) is -1.61. The second-order valence-corrected chi connectivity index (χ2v) is 4.92. The summed E-state index contributed by atoms with van der Waals surface area (Å²) in [6, 6.07) is 2.76. The molecule has 0 atom stereocenters. The fourth-order valence-electron chi connectivity index (χ4n) is 1.73. The van der Waals surface area contributed by atoms with Crippen molar-refractivity contribution in [2.24, 2.45) is 0 Å². The molecule has 2 aromatic rings. The molecule has 2 amide bonds. The number of halogens is 3.